The summed E-state index contributed by atoms with van der Waals surface area (Å²) in [5.41, 5.74) is 1.15. The molecule has 0 aliphatic rings. The van der Waals surface area contributed by atoms with Crippen LogP contribution < -0.4 is 4.72 Å². The summed E-state index contributed by atoms with van der Waals surface area (Å²) < 4.78 is 26.8. The van der Waals surface area contributed by atoms with E-state index in [1.807, 2.05) is 32.0 Å². The monoisotopic (exact) mass is 281 g/mol. The second-order valence-corrected chi connectivity index (χ2v) is 6.52. The number of likely N-dealkylation sites (N-methyl/N-ethyl adjacent to an activating group) is 1. The number of benzene rings is 1. The van der Waals surface area contributed by atoms with Gasteiger partial charge in [-0.2, -0.15) is 5.26 Å². The van der Waals surface area contributed by atoms with Gasteiger partial charge in [0.1, 0.15) is 0 Å². The first-order valence-corrected chi connectivity index (χ1v) is 7.43. The molecule has 104 valence electrons. The average molecular weight is 281 g/mol. The average Bonchev–Trinajstić information content (AvgIpc) is 2.35. The molecule has 5 nitrogen and oxygen atoms in total. The van der Waals surface area contributed by atoms with Crippen molar-refractivity contribution < 1.29 is 8.42 Å². The fourth-order valence-electron chi connectivity index (χ4n) is 1.42. The van der Waals surface area contributed by atoms with Crippen molar-refractivity contribution in [2.24, 2.45) is 0 Å². The third-order valence-electron chi connectivity index (χ3n) is 3.08. The molecular formula is C13H19N3O2S. The molecule has 1 rings (SSSR count). The van der Waals surface area contributed by atoms with Crippen LogP contribution in [0.15, 0.2) is 23.1 Å². The van der Waals surface area contributed by atoms with Crippen LogP contribution in [-0.2, 0) is 10.0 Å². The lowest BCUT2D eigenvalue weighted by molar-refractivity contribution is 0.314. The highest BCUT2D eigenvalue weighted by Crippen LogP contribution is 2.14. The summed E-state index contributed by atoms with van der Waals surface area (Å²) in [6.45, 7) is 4.00. The maximum atomic E-state index is 12.1. The lowest BCUT2D eigenvalue weighted by Crippen LogP contribution is -2.38. The van der Waals surface area contributed by atoms with Gasteiger partial charge in [0.2, 0.25) is 10.0 Å². The van der Waals surface area contributed by atoms with Crippen LogP contribution in [0.2, 0.25) is 0 Å². The summed E-state index contributed by atoms with van der Waals surface area (Å²) in [5, 5.41) is 8.83. The Labute approximate surface area is 114 Å². The smallest absolute Gasteiger partial charge is 0.240 e. The molecule has 0 aliphatic heterocycles. The number of rotatable bonds is 5. The van der Waals surface area contributed by atoms with Crippen molar-refractivity contribution >= 4 is 10.0 Å². The first-order valence-electron chi connectivity index (χ1n) is 5.95. The fraction of sp³-hybridized carbons (Fsp3) is 0.462. The van der Waals surface area contributed by atoms with Gasteiger partial charge in [-0.3, -0.25) is 0 Å². The zero-order chi connectivity index (χ0) is 14.6. The van der Waals surface area contributed by atoms with E-state index < -0.39 is 10.0 Å². The Hall–Kier alpha value is -1.42. The normalized spacial score (nSPS) is 13.3. The van der Waals surface area contributed by atoms with Crippen LogP contribution in [0.1, 0.15) is 18.1 Å². The predicted octanol–water partition coefficient (Wildman–Crippen LogP) is 1.10. The van der Waals surface area contributed by atoms with E-state index in [2.05, 4.69) is 4.72 Å². The van der Waals surface area contributed by atoms with Crippen molar-refractivity contribution in [3.8, 4) is 6.07 Å². The minimum absolute atomic E-state index is 0.106. The van der Waals surface area contributed by atoms with Crippen LogP contribution in [0.3, 0.4) is 0 Å². The Bertz CT molecular complexity index is 588. The van der Waals surface area contributed by atoms with Gasteiger partial charge in [0.05, 0.1) is 16.5 Å². The minimum Gasteiger partial charge on any atom is -0.305 e. The molecule has 1 N–H and O–H groups in total. The highest BCUT2D eigenvalue weighted by Gasteiger charge is 2.16. The van der Waals surface area contributed by atoms with Crippen molar-refractivity contribution in [3.63, 3.8) is 0 Å². The number of aryl methyl sites for hydroxylation is 1. The molecule has 0 aliphatic carbocycles. The molecule has 0 amide bonds. The Morgan fingerprint density at radius 2 is 2.05 bits per heavy atom. The van der Waals surface area contributed by atoms with E-state index in [4.69, 9.17) is 5.26 Å². The molecule has 0 saturated heterocycles. The number of nitrogens with zero attached hydrogens (tertiary/aromatic N) is 2. The molecule has 19 heavy (non-hydrogen) atoms. The van der Waals surface area contributed by atoms with Gasteiger partial charge in [0.25, 0.3) is 0 Å². The molecule has 1 aromatic rings. The van der Waals surface area contributed by atoms with Crippen molar-refractivity contribution in [1.82, 2.24) is 9.62 Å². The summed E-state index contributed by atoms with van der Waals surface area (Å²) >= 11 is 0. The van der Waals surface area contributed by atoms with Crippen molar-refractivity contribution in [2.75, 3.05) is 20.6 Å². The van der Waals surface area contributed by atoms with E-state index in [1.54, 1.807) is 6.92 Å². The van der Waals surface area contributed by atoms with Gasteiger partial charge in [-0.25, -0.2) is 13.1 Å². The van der Waals surface area contributed by atoms with Gasteiger partial charge in [-0.05, 0) is 51.7 Å². The predicted molar refractivity (Wildman–Crippen MR) is 74.2 cm³/mol. The number of nitrogens with one attached hydrogen (secondary N) is 1. The van der Waals surface area contributed by atoms with Crippen LogP contribution >= 0.6 is 0 Å². The van der Waals surface area contributed by atoms with Gasteiger partial charge in [0.15, 0.2) is 0 Å². The van der Waals surface area contributed by atoms with Crippen LogP contribution in [0.4, 0.5) is 0 Å². The van der Waals surface area contributed by atoms with E-state index >= 15 is 0 Å². The van der Waals surface area contributed by atoms with Crippen molar-refractivity contribution in [1.29, 1.82) is 5.26 Å². The standard InChI is InChI=1S/C13H19N3O2S/c1-10-7-13(6-5-12(10)8-14)19(17,18)15-9-11(2)16(3)4/h5-7,11,15H,9H2,1-4H3. The molecule has 0 bridgehead atoms. The van der Waals surface area contributed by atoms with E-state index in [0.29, 0.717) is 17.7 Å². The summed E-state index contributed by atoms with van der Waals surface area (Å²) in [6, 6.07) is 6.62. The van der Waals surface area contributed by atoms with Crippen molar-refractivity contribution in [2.45, 2.75) is 24.8 Å². The lowest BCUT2D eigenvalue weighted by Gasteiger charge is -2.20. The maximum Gasteiger partial charge on any atom is 0.240 e. The Balaban J connectivity index is 2.90. The van der Waals surface area contributed by atoms with E-state index in [-0.39, 0.29) is 10.9 Å². The minimum atomic E-state index is -3.52. The first kappa shape index (κ1) is 15.6. The second kappa shape index (κ2) is 6.15. The van der Waals surface area contributed by atoms with Gasteiger partial charge in [0, 0.05) is 12.6 Å². The molecule has 1 atom stereocenters. The van der Waals surface area contributed by atoms with Crippen LogP contribution in [0, 0.1) is 18.3 Å². The molecule has 0 radical (unpaired) electrons. The summed E-state index contributed by atoms with van der Waals surface area (Å²) in [6.07, 6.45) is 0. The number of sulfonamides is 1. The van der Waals surface area contributed by atoms with E-state index in [1.165, 1.54) is 18.2 Å². The molecule has 0 fully saturated rings. The molecule has 0 saturated carbocycles. The Morgan fingerprint density at radius 1 is 1.42 bits per heavy atom. The molecular weight excluding hydrogens is 262 g/mol. The highest BCUT2D eigenvalue weighted by molar-refractivity contribution is 7.89. The SMILES string of the molecule is Cc1cc(S(=O)(=O)NCC(C)N(C)C)ccc1C#N. The van der Waals surface area contributed by atoms with E-state index in [9.17, 15) is 8.42 Å². The zero-order valence-corrected chi connectivity index (χ0v) is 12.5. The summed E-state index contributed by atoms with van der Waals surface area (Å²) in [5.74, 6) is 0. The molecule has 0 heterocycles. The fourth-order valence-corrected chi connectivity index (χ4v) is 2.63. The van der Waals surface area contributed by atoms with Crippen LogP contribution in [-0.4, -0.2) is 40.0 Å². The second-order valence-electron chi connectivity index (χ2n) is 4.75. The molecule has 0 aromatic heterocycles. The topological polar surface area (TPSA) is 73.2 Å². The van der Waals surface area contributed by atoms with Crippen molar-refractivity contribution in [3.05, 3.63) is 29.3 Å². The molecule has 1 unspecified atom stereocenters. The third-order valence-corrected chi connectivity index (χ3v) is 4.50. The van der Waals surface area contributed by atoms with Gasteiger partial charge < -0.3 is 4.90 Å². The van der Waals surface area contributed by atoms with Crippen LogP contribution in [0.25, 0.3) is 0 Å². The van der Waals surface area contributed by atoms with Gasteiger partial charge >= 0.3 is 0 Å². The van der Waals surface area contributed by atoms with Crippen LogP contribution in [0.5, 0.6) is 0 Å². The first-order chi connectivity index (χ1) is 8.77. The number of nitriles is 1. The highest BCUT2D eigenvalue weighted by atomic mass is 32.2. The quantitative estimate of drug-likeness (QED) is 0.877. The Morgan fingerprint density at radius 3 is 2.53 bits per heavy atom. The zero-order valence-electron chi connectivity index (χ0n) is 11.6. The molecule has 0 spiro atoms. The number of hydrogen-bond acceptors (Lipinski definition) is 4. The maximum absolute atomic E-state index is 12.1. The molecule has 1 aromatic carbocycles. The lowest BCUT2D eigenvalue weighted by atomic mass is 10.1. The molecule has 6 heteroatoms. The summed E-state index contributed by atoms with van der Waals surface area (Å²) in [4.78, 5) is 2.13. The number of hydrogen-bond donors (Lipinski definition) is 1. The summed E-state index contributed by atoms with van der Waals surface area (Å²) in [7, 11) is 0.265. The van der Waals surface area contributed by atoms with Gasteiger partial charge in [-0.1, -0.05) is 0 Å². The van der Waals surface area contributed by atoms with Gasteiger partial charge in [-0.15, -0.1) is 0 Å². The third kappa shape index (κ3) is 4.03. The largest absolute Gasteiger partial charge is 0.305 e. The van der Waals surface area contributed by atoms with E-state index in [0.717, 1.165) is 0 Å². The Kier molecular flexibility index (Phi) is 5.06.